The molecule has 1 fully saturated rings. The zero-order chi connectivity index (χ0) is 11.2. The first-order valence-corrected chi connectivity index (χ1v) is 7.02. The maximum atomic E-state index is 5.76. The van der Waals surface area contributed by atoms with Crippen LogP contribution in [-0.2, 0) is 0 Å². The molecular formula is C14H19BrO. The van der Waals surface area contributed by atoms with E-state index < -0.39 is 0 Å². The van der Waals surface area contributed by atoms with Gasteiger partial charge in [0.05, 0.1) is 6.61 Å². The first-order valence-electron chi connectivity index (χ1n) is 6.23. The van der Waals surface area contributed by atoms with E-state index in [-0.39, 0.29) is 0 Å². The van der Waals surface area contributed by atoms with Crippen molar-refractivity contribution in [2.75, 3.05) is 6.61 Å². The van der Waals surface area contributed by atoms with Crippen molar-refractivity contribution < 1.29 is 4.74 Å². The van der Waals surface area contributed by atoms with Crippen LogP contribution in [0, 0.1) is 5.92 Å². The van der Waals surface area contributed by atoms with Crippen molar-refractivity contribution in [3.8, 4) is 5.75 Å². The number of ether oxygens (including phenoxy) is 1. The second-order valence-electron chi connectivity index (χ2n) is 4.60. The Hall–Kier alpha value is -0.500. The lowest BCUT2D eigenvalue weighted by atomic mass is 9.87. The van der Waals surface area contributed by atoms with E-state index in [1.165, 1.54) is 38.5 Å². The highest BCUT2D eigenvalue weighted by molar-refractivity contribution is 9.10. The zero-order valence-corrected chi connectivity index (χ0v) is 11.2. The maximum Gasteiger partial charge on any atom is 0.120 e. The van der Waals surface area contributed by atoms with Crippen LogP contribution in [0.15, 0.2) is 28.7 Å². The van der Waals surface area contributed by atoms with Crippen LogP contribution < -0.4 is 4.74 Å². The van der Waals surface area contributed by atoms with Crippen LogP contribution in [0.3, 0.4) is 0 Å². The average Bonchev–Trinajstić information content (AvgIpc) is 2.30. The first-order chi connectivity index (χ1) is 7.84. The summed E-state index contributed by atoms with van der Waals surface area (Å²) in [5.41, 5.74) is 0. The smallest absolute Gasteiger partial charge is 0.120 e. The van der Waals surface area contributed by atoms with Gasteiger partial charge in [0.2, 0.25) is 0 Å². The fourth-order valence-corrected chi connectivity index (χ4v) is 2.75. The number of benzene rings is 1. The van der Waals surface area contributed by atoms with Gasteiger partial charge >= 0.3 is 0 Å². The van der Waals surface area contributed by atoms with Crippen molar-refractivity contribution in [3.63, 3.8) is 0 Å². The Labute approximate surface area is 106 Å². The fraction of sp³-hybridized carbons (Fsp3) is 0.571. The van der Waals surface area contributed by atoms with Gasteiger partial charge in [0.15, 0.2) is 0 Å². The van der Waals surface area contributed by atoms with Gasteiger partial charge in [0.25, 0.3) is 0 Å². The lowest BCUT2D eigenvalue weighted by molar-refractivity contribution is 0.246. The monoisotopic (exact) mass is 282 g/mol. The summed E-state index contributed by atoms with van der Waals surface area (Å²) in [6.45, 7) is 0.862. The van der Waals surface area contributed by atoms with Crippen LogP contribution in [0.25, 0.3) is 0 Å². The van der Waals surface area contributed by atoms with E-state index in [1.807, 2.05) is 24.3 Å². The van der Waals surface area contributed by atoms with E-state index in [9.17, 15) is 0 Å². The Bertz CT molecular complexity index is 318. The molecule has 0 aliphatic heterocycles. The highest BCUT2D eigenvalue weighted by Crippen LogP contribution is 2.26. The molecule has 0 unspecified atom stereocenters. The molecule has 2 heteroatoms. The third-order valence-electron chi connectivity index (χ3n) is 3.32. The Morgan fingerprint density at radius 3 is 2.75 bits per heavy atom. The van der Waals surface area contributed by atoms with E-state index in [0.29, 0.717) is 0 Å². The highest BCUT2D eigenvalue weighted by atomic mass is 79.9. The third-order valence-corrected chi connectivity index (χ3v) is 3.81. The van der Waals surface area contributed by atoms with Gasteiger partial charge in [0, 0.05) is 4.47 Å². The standard InChI is InChI=1S/C14H19BrO/c15-13-7-4-8-14(11-13)16-10-9-12-5-2-1-3-6-12/h4,7-8,11-12H,1-3,5-6,9-10H2. The summed E-state index contributed by atoms with van der Waals surface area (Å²) in [7, 11) is 0. The van der Waals surface area contributed by atoms with Crippen LogP contribution in [0.2, 0.25) is 0 Å². The molecule has 2 rings (SSSR count). The lowest BCUT2D eigenvalue weighted by Crippen LogP contribution is -2.10. The number of rotatable bonds is 4. The Kier molecular flexibility index (Phi) is 4.70. The van der Waals surface area contributed by atoms with Gasteiger partial charge in [0.1, 0.15) is 5.75 Å². The molecule has 1 aromatic carbocycles. The summed E-state index contributed by atoms with van der Waals surface area (Å²) < 4.78 is 6.85. The van der Waals surface area contributed by atoms with Gasteiger partial charge in [-0.2, -0.15) is 0 Å². The van der Waals surface area contributed by atoms with Crippen molar-refractivity contribution in [1.82, 2.24) is 0 Å². The van der Waals surface area contributed by atoms with Gasteiger partial charge in [-0.3, -0.25) is 0 Å². The highest BCUT2D eigenvalue weighted by Gasteiger charge is 2.12. The molecule has 0 radical (unpaired) electrons. The molecule has 0 spiro atoms. The molecule has 16 heavy (non-hydrogen) atoms. The predicted octanol–water partition coefficient (Wildman–Crippen LogP) is 4.80. The largest absolute Gasteiger partial charge is 0.494 e. The molecule has 0 saturated heterocycles. The van der Waals surface area contributed by atoms with E-state index >= 15 is 0 Å². The van der Waals surface area contributed by atoms with Crippen molar-refractivity contribution in [3.05, 3.63) is 28.7 Å². The molecule has 0 N–H and O–H groups in total. The van der Waals surface area contributed by atoms with Gasteiger partial charge in [-0.05, 0) is 30.5 Å². The second-order valence-corrected chi connectivity index (χ2v) is 5.51. The maximum absolute atomic E-state index is 5.76. The van der Waals surface area contributed by atoms with Crippen LogP contribution in [-0.4, -0.2) is 6.61 Å². The summed E-state index contributed by atoms with van der Waals surface area (Å²) in [6, 6.07) is 8.08. The number of hydrogen-bond donors (Lipinski definition) is 0. The molecule has 0 bridgehead atoms. The SMILES string of the molecule is Brc1cccc(OCCC2CCCCC2)c1. The van der Waals surface area contributed by atoms with Crippen molar-refractivity contribution in [2.24, 2.45) is 5.92 Å². The van der Waals surface area contributed by atoms with Crippen LogP contribution in [0.5, 0.6) is 5.75 Å². The minimum Gasteiger partial charge on any atom is -0.494 e. The zero-order valence-electron chi connectivity index (χ0n) is 9.62. The fourth-order valence-electron chi connectivity index (χ4n) is 2.38. The van der Waals surface area contributed by atoms with Crippen LogP contribution in [0.4, 0.5) is 0 Å². The molecule has 1 aliphatic carbocycles. The molecule has 0 amide bonds. The predicted molar refractivity (Wildman–Crippen MR) is 70.8 cm³/mol. The molecule has 0 aromatic heterocycles. The molecule has 88 valence electrons. The third kappa shape index (κ3) is 3.82. The minimum atomic E-state index is 0.862. The van der Waals surface area contributed by atoms with Gasteiger partial charge in [-0.25, -0.2) is 0 Å². The summed E-state index contributed by atoms with van der Waals surface area (Å²) in [4.78, 5) is 0. The number of hydrogen-bond acceptors (Lipinski definition) is 1. The van der Waals surface area contributed by atoms with Crippen LogP contribution in [0.1, 0.15) is 38.5 Å². The van der Waals surface area contributed by atoms with E-state index in [0.717, 1.165) is 22.7 Å². The van der Waals surface area contributed by atoms with Crippen molar-refractivity contribution in [2.45, 2.75) is 38.5 Å². The Morgan fingerprint density at radius 2 is 2.00 bits per heavy atom. The first kappa shape index (κ1) is 12.0. The quantitative estimate of drug-likeness (QED) is 0.771. The molecular weight excluding hydrogens is 264 g/mol. The van der Waals surface area contributed by atoms with Gasteiger partial charge in [-0.1, -0.05) is 54.1 Å². The molecule has 1 aromatic rings. The van der Waals surface area contributed by atoms with Crippen LogP contribution >= 0.6 is 15.9 Å². The second kappa shape index (κ2) is 6.29. The Morgan fingerprint density at radius 1 is 1.19 bits per heavy atom. The normalized spacial score (nSPS) is 17.3. The van der Waals surface area contributed by atoms with Crippen molar-refractivity contribution in [1.29, 1.82) is 0 Å². The molecule has 0 heterocycles. The summed E-state index contributed by atoms with van der Waals surface area (Å²) in [5.74, 6) is 1.88. The van der Waals surface area contributed by atoms with E-state index in [1.54, 1.807) is 0 Å². The van der Waals surface area contributed by atoms with E-state index in [2.05, 4.69) is 15.9 Å². The molecule has 1 nitrogen and oxygen atoms in total. The topological polar surface area (TPSA) is 9.23 Å². The number of halogens is 1. The van der Waals surface area contributed by atoms with E-state index in [4.69, 9.17) is 4.74 Å². The molecule has 0 atom stereocenters. The van der Waals surface area contributed by atoms with Gasteiger partial charge in [-0.15, -0.1) is 0 Å². The lowest BCUT2D eigenvalue weighted by Gasteiger charge is -2.21. The summed E-state index contributed by atoms with van der Waals surface area (Å²) >= 11 is 3.45. The minimum absolute atomic E-state index is 0.862. The average molecular weight is 283 g/mol. The summed E-state index contributed by atoms with van der Waals surface area (Å²) in [6.07, 6.45) is 8.29. The molecule has 1 aliphatic rings. The Balaban J connectivity index is 1.71. The van der Waals surface area contributed by atoms with Gasteiger partial charge < -0.3 is 4.74 Å². The van der Waals surface area contributed by atoms with Crippen molar-refractivity contribution >= 4 is 15.9 Å². The molecule has 1 saturated carbocycles. The summed E-state index contributed by atoms with van der Waals surface area (Å²) in [5, 5.41) is 0.